The molecule has 2 aliphatic rings. The maximum Gasteiger partial charge on any atom is 0.305 e. The first-order valence-corrected chi connectivity index (χ1v) is 19.7. The number of hydrogen-bond acceptors (Lipinski definition) is 5. The smallest absolute Gasteiger partial charge is 0.305 e. The number of aliphatic hydroxyl groups is 3. The van der Waals surface area contributed by atoms with Crippen LogP contribution in [0.5, 0.6) is 0 Å². The van der Waals surface area contributed by atoms with Crippen molar-refractivity contribution in [2.75, 3.05) is 0 Å². The van der Waals surface area contributed by atoms with Crippen molar-refractivity contribution in [2.24, 2.45) is 5.41 Å². The Balaban J connectivity index is 1.61. The number of aliphatic carboxylic acids is 1. The lowest BCUT2D eigenvalue weighted by atomic mass is 9.67. The minimum absolute atomic E-state index is 0.0833. The summed E-state index contributed by atoms with van der Waals surface area (Å²) in [5, 5.41) is 44.8. The fraction of sp³-hybridized carbons (Fsp3) is 0.545. The molecule has 1 amide bonds. The van der Waals surface area contributed by atoms with Crippen molar-refractivity contribution >= 4 is 11.9 Å². The highest BCUT2D eigenvalue weighted by molar-refractivity contribution is 6.06. The number of nitrogens with one attached hydrogen (secondary N) is 1. The third kappa shape index (κ3) is 10.3. The second-order valence-electron chi connectivity index (χ2n) is 16.1. The number of nitrogens with zero attached hydrogens (tertiary/aromatic N) is 1. The fourth-order valence-corrected chi connectivity index (χ4v) is 8.75. The van der Waals surface area contributed by atoms with E-state index in [1.165, 1.54) is 12.1 Å². The van der Waals surface area contributed by atoms with Gasteiger partial charge in [0.15, 0.2) is 0 Å². The van der Waals surface area contributed by atoms with Gasteiger partial charge in [0.1, 0.15) is 5.82 Å². The summed E-state index contributed by atoms with van der Waals surface area (Å²) in [6, 6.07) is 15.9. The van der Waals surface area contributed by atoms with Crippen molar-refractivity contribution in [3.05, 3.63) is 83.8 Å². The summed E-state index contributed by atoms with van der Waals surface area (Å²) in [4.78, 5) is 26.3. The molecule has 1 saturated carbocycles. The number of carboxylic acids is 1. The average Bonchev–Trinajstić information content (AvgIpc) is 3.44. The van der Waals surface area contributed by atoms with E-state index in [0.717, 1.165) is 92.3 Å². The highest BCUT2D eigenvalue weighted by Gasteiger charge is 2.41. The standard InChI is InChI=1S/C44H59FN2O6/c1-30(2)40-39(42(52)46-36-16-8-11-25-44(36)24-10-5-9-22-43(3,53)23-12-13-26-44)38(31-14-6-4-7-15-31)41(32-17-19-33(45)20-18-32)47(40)27-21-34(48)28-35(49)29-37(50)51/h4,6-7,13-15,17-20,26,30,34-36,48-49,53H,5,8-12,16,21-25,27-29H2,1-3H3,(H,46,52)(H,50,51). The molecule has 1 heterocycles. The van der Waals surface area contributed by atoms with Gasteiger partial charge in [-0.15, -0.1) is 0 Å². The number of allylic oxidation sites excluding steroid dienone is 1. The van der Waals surface area contributed by atoms with Gasteiger partial charge in [-0.25, -0.2) is 4.39 Å². The van der Waals surface area contributed by atoms with Gasteiger partial charge in [0.2, 0.25) is 0 Å². The van der Waals surface area contributed by atoms with Gasteiger partial charge in [-0.05, 0) is 99.6 Å². The van der Waals surface area contributed by atoms with Gasteiger partial charge in [0.25, 0.3) is 5.91 Å². The Morgan fingerprint density at radius 1 is 0.906 bits per heavy atom. The summed E-state index contributed by atoms with van der Waals surface area (Å²) in [5.74, 6) is -1.79. The zero-order chi connectivity index (χ0) is 38.2. The van der Waals surface area contributed by atoms with Crippen LogP contribution in [-0.4, -0.2) is 60.7 Å². The van der Waals surface area contributed by atoms with Gasteiger partial charge in [-0.2, -0.15) is 0 Å². The van der Waals surface area contributed by atoms with Crippen LogP contribution in [0.25, 0.3) is 22.4 Å². The van der Waals surface area contributed by atoms with Gasteiger partial charge in [-0.1, -0.05) is 88.4 Å². The first kappa shape index (κ1) is 40.4. The van der Waals surface area contributed by atoms with Crippen LogP contribution in [0.1, 0.15) is 133 Å². The van der Waals surface area contributed by atoms with Gasteiger partial charge in [0, 0.05) is 29.3 Å². The summed E-state index contributed by atoms with van der Waals surface area (Å²) in [7, 11) is 0. The lowest BCUT2D eigenvalue weighted by Gasteiger charge is -2.43. The molecule has 53 heavy (non-hydrogen) atoms. The Hall–Kier alpha value is -3.79. The molecule has 2 aliphatic carbocycles. The van der Waals surface area contributed by atoms with Crippen molar-refractivity contribution < 1.29 is 34.4 Å². The number of carbonyl (C=O) groups is 2. The summed E-state index contributed by atoms with van der Waals surface area (Å²) >= 11 is 0. The number of rotatable bonds is 12. The topological polar surface area (TPSA) is 132 Å². The van der Waals surface area contributed by atoms with Gasteiger partial charge >= 0.3 is 5.97 Å². The maximum absolute atomic E-state index is 15.1. The van der Waals surface area contributed by atoms with Crippen LogP contribution in [0.4, 0.5) is 4.39 Å². The summed E-state index contributed by atoms with van der Waals surface area (Å²) in [6.45, 7) is 6.31. The van der Waals surface area contributed by atoms with Crippen molar-refractivity contribution in [1.29, 1.82) is 0 Å². The number of halogens is 1. The predicted molar refractivity (Wildman–Crippen MR) is 207 cm³/mol. The molecule has 8 nitrogen and oxygen atoms in total. The van der Waals surface area contributed by atoms with E-state index in [9.17, 15) is 24.5 Å². The Labute approximate surface area is 314 Å². The molecule has 0 aliphatic heterocycles. The molecule has 0 saturated heterocycles. The lowest BCUT2D eigenvalue weighted by molar-refractivity contribution is -0.139. The number of amides is 1. The lowest BCUT2D eigenvalue weighted by Crippen LogP contribution is -2.49. The van der Waals surface area contributed by atoms with E-state index in [4.69, 9.17) is 5.11 Å². The van der Waals surface area contributed by atoms with Crippen molar-refractivity contribution in [2.45, 2.75) is 147 Å². The first-order valence-electron chi connectivity index (χ1n) is 19.7. The van der Waals surface area contributed by atoms with Gasteiger partial charge < -0.3 is 30.3 Å². The molecule has 5 rings (SSSR count). The van der Waals surface area contributed by atoms with Crippen LogP contribution >= 0.6 is 0 Å². The summed E-state index contributed by atoms with van der Waals surface area (Å²) < 4.78 is 16.4. The molecule has 5 unspecified atom stereocenters. The Kier molecular flexibility index (Phi) is 13.7. The molecule has 5 N–H and O–H groups in total. The van der Waals surface area contributed by atoms with Crippen LogP contribution in [0.2, 0.25) is 0 Å². The van der Waals surface area contributed by atoms with Crippen LogP contribution in [0.3, 0.4) is 0 Å². The van der Waals surface area contributed by atoms with E-state index in [1.54, 1.807) is 12.1 Å². The monoisotopic (exact) mass is 730 g/mol. The minimum atomic E-state index is -1.19. The molecule has 5 atom stereocenters. The molecule has 1 spiro atoms. The molecular weight excluding hydrogens is 671 g/mol. The summed E-state index contributed by atoms with van der Waals surface area (Å²) in [6.07, 6.45) is 12.3. The van der Waals surface area contributed by atoms with Crippen molar-refractivity contribution in [3.63, 3.8) is 0 Å². The molecule has 2 aromatic carbocycles. The largest absolute Gasteiger partial charge is 0.481 e. The normalized spacial score (nSPS) is 23.7. The molecule has 0 bridgehead atoms. The van der Waals surface area contributed by atoms with E-state index in [2.05, 4.69) is 22.0 Å². The maximum atomic E-state index is 15.1. The quantitative estimate of drug-likeness (QED) is 0.118. The second-order valence-corrected chi connectivity index (χ2v) is 16.1. The van der Waals surface area contributed by atoms with E-state index in [0.29, 0.717) is 12.0 Å². The SMILES string of the molecule is CC(C)c1c(C(=O)NC2CCCCC23C=CCCC(C)(O)CCCCC3)c(-c2ccccc2)c(-c2ccc(F)cc2)n1CCC(O)CC(O)CC(=O)O. The fourth-order valence-electron chi connectivity index (χ4n) is 8.75. The third-order valence-electron chi connectivity index (χ3n) is 11.4. The summed E-state index contributed by atoms with van der Waals surface area (Å²) in [5.41, 5.74) is 3.53. The van der Waals surface area contributed by atoms with E-state index in [-0.39, 0.29) is 48.5 Å². The van der Waals surface area contributed by atoms with Crippen LogP contribution < -0.4 is 5.32 Å². The zero-order valence-corrected chi connectivity index (χ0v) is 31.7. The van der Waals surface area contributed by atoms with E-state index in [1.807, 2.05) is 51.1 Å². The third-order valence-corrected chi connectivity index (χ3v) is 11.4. The predicted octanol–water partition coefficient (Wildman–Crippen LogP) is 8.77. The van der Waals surface area contributed by atoms with E-state index < -0.39 is 30.2 Å². The number of hydrogen-bond donors (Lipinski definition) is 5. The minimum Gasteiger partial charge on any atom is -0.481 e. The first-order chi connectivity index (χ1) is 25.3. The Bertz CT molecular complexity index is 1700. The number of aliphatic hydroxyl groups excluding tert-OH is 2. The number of aromatic nitrogens is 1. The van der Waals surface area contributed by atoms with Crippen molar-refractivity contribution in [1.82, 2.24) is 9.88 Å². The number of carboxylic acid groups (broad SMARTS) is 1. The Morgan fingerprint density at radius 2 is 1.58 bits per heavy atom. The zero-order valence-electron chi connectivity index (χ0n) is 31.7. The highest BCUT2D eigenvalue weighted by Crippen LogP contribution is 2.46. The molecule has 1 aromatic heterocycles. The molecule has 0 radical (unpaired) electrons. The average molecular weight is 731 g/mol. The molecule has 288 valence electrons. The molecular formula is C44H59FN2O6. The van der Waals surface area contributed by atoms with Crippen LogP contribution in [-0.2, 0) is 11.3 Å². The number of benzene rings is 2. The number of carbonyl (C=O) groups excluding carboxylic acids is 1. The second kappa shape index (κ2) is 18.0. The highest BCUT2D eigenvalue weighted by atomic mass is 19.1. The Morgan fingerprint density at radius 3 is 2.26 bits per heavy atom. The molecule has 3 aromatic rings. The van der Waals surface area contributed by atoms with Gasteiger partial charge in [0.05, 0.1) is 35.5 Å². The van der Waals surface area contributed by atoms with Crippen molar-refractivity contribution in [3.8, 4) is 22.4 Å². The molecule has 9 heteroatoms. The van der Waals surface area contributed by atoms with Crippen LogP contribution in [0.15, 0.2) is 66.7 Å². The van der Waals surface area contributed by atoms with Gasteiger partial charge in [-0.3, -0.25) is 9.59 Å². The van der Waals surface area contributed by atoms with Crippen LogP contribution in [0, 0.1) is 11.2 Å². The molecule has 1 fully saturated rings. The van der Waals surface area contributed by atoms with E-state index >= 15 is 4.79 Å².